The zero-order valence-corrected chi connectivity index (χ0v) is 14.2. The number of hydrogen-bond donors (Lipinski definition) is 4. The maximum atomic E-state index is 11.9. The first kappa shape index (κ1) is 17.0. The van der Waals surface area contributed by atoms with Gasteiger partial charge in [-0.2, -0.15) is 0 Å². The standard InChI is InChI=1S/C17H27N5O2/c1-12(23)9-22-10-15(11-22)21-17(24)19-8-6-14-5-4-13-3-2-7-18-16(13)20-14/h4-5,15-16,18,20H,2-3,6-11H2,1H3,(H2,19,21,24). The van der Waals surface area contributed by atoms with E-state index in [2.05, 4.69) is 33.4 Å². The first-order valence-corrected chi connectivity index (χ1v) is 8.76. The molecule has 0 saturated carbocycles. The lowest BCUT2D eigenvalue weighted by Crippen LogP contribution is -2.61. The van der Waals surface area contributed by atoms with E-state index in [0.717, 1.165) is 38.2 Å². The van der Waals surface area contributed by atoms with E-state index in [0.29, 0.717) is 13.1 Å². The van der Waals surface area contributed by atoms with Crippen LogP contribution in [-0.4, -0.2) is 61.6 Å². The monoisotopic (exact) mass is 333 g/mol. The molecule has 3 heterocycles. The summed E-state index contributed by atoms with van der Waals surface area (Å²) in [6.45, 7) is 5.21. The summed E-state index contributed by atoms with van der Waals surface area (Å²) in [5, 5.41) is 12.8. The maximum Gasteiger partial charge on any atom is 0.315 e. The molecule has 7 heteroatoms. The number of piperidine rings is 1. The Bertz CT molecular complexity index is 551. The number of rotatable bonds is 6. The van der Waals surface area contributed by atoms with Crippen LogP contribution in [0.1, 0.15) is 26.2 Å². The fourth-order valence-corrected chi connectivity index (χ4v) is 3.39. The second kappa shape index (κ2) is 7.81. The average Bonchev–Trinajstić information content (AvgIpc) is 2.52. The van der Waals surface area contributed by atoms with Crippen LogP contribution in [0.2, 0.25) is 0 Å². The minimum atomic E-state index is -0.133. The lowest BCUT2D eigenvalue weighted by Gasteiger charge is -2.38. The highest BCUT2D eigenvalue weighted by molar-refractivity contribution is 5.78. The van der Waals surface area contributed by atoms with Crippen molar-refractivity contribution in [2.45, 2.75) is 38.4 Å². The molecule has 1 unspecified atom stereocenters. The van der Waals surface area contributed by atoms with E-state index in [1.807, 2.05) is 4.90 Å². The van der Waals surface area contributed by atoms with Gasteiger partial charge in [0.25, 0.3) is 0 Å². The van der Waals surface area contributed by atoms with Gasteiger partial charge in [0.2, 0.25) is 0 Å². The number of amides is 2. The molecule has 0 aliphatic carbocycles. The Morgan fingerprint density at radius 3 is 2.96 bits per heavy atom. The molecule has 3 aliphatic heterocycles. The minimum Gasteiger partial charge on any atom is -0.370 e. The Kier molecular flexibility index (Phi) is 5.52. The van der Waals surface area contributed by atoms with Crippen LogP contribution in [0.15, 0.2) is 23.4 Å². The summed E-state index contributed by atoms with van der Waals surface area (Å²) in [5.74, 6) is 0.163. The molecule has 3 aliphatic rings. The predicted octanol–water partition coefficient (Wildman–Crippen LogP) is 0.0719. The first-order valence-electron chi connectivity index (χ1n) is 8.76. The molecular formula is C17H27N5O2. The van der Waals surface area contributed by atoms with Crippen molar-refractivity contribution in [2.75, 3.05) is 32.7 Å². The number of urea groups is 1. The molecule has 4 N–H and O–H groups in total. The van der Waals surface area contributed by atoms with Crippen molar-refractivity contribution < 1.29 is 9.59 Å². The molecule has 2 fully saturated rings. The predicted molar refractivity (Wildman–Crippen MR) is 92.4 cm³/mol. The number of carbonyl (C=O) groups excluding carboxylic acids is 2. The van der Waals surface area contributed by atoms with Crippen LogP contribution in [-0.2, 0) is 4.79 Å². The summed E-state index contributed by atoms with van der Waals surface area (Å²) < 4.78 is 0. The molecule has 0 aromatic heterocycles. The number of nitrogens with one attached hydrogen (secondary N) is 4. The van der Waals surface area contributed by atoms with Crippen molar-refractivity contribution in [3.63, 3.8) is 0 Å². The number of likely N-dealkylation sites (tertiary alicyclic amines) is 1. The fraction of sp³-hybridized carbons (Fsp3) is 0.647. The van der Waals surface area contributed by atoms with Gasteiger partial charge in [-0.25, -0.2) is 4.79 Å². The molecule has 3 rings (SSSR count). The molecule has 2 saturated heterocycles. The minimum absolute atomic E-state index is 0.133. The van der Waals surface area contributed by atoms with Gasteiger partial charge in [0.1, 0.15) is 5.78 Å². The Morgan fingerprint density at radius 1 is 1.33 bits per heavy atom. The van der Waals surface area contributed by atoms with E-state index in [9.17, 15) is 9.59 Å². The van der Waals surface area contributed by atoms with Crippen molar-refractivity contribution in [1.29, 1.82) is 0 Å². The summed E-state index contributed by atoms with van der Waals surface area (Å²) in [7, 11) is 0. The molecule has 24 heavy (non-hydrogen) atoms. The second-order valence-corrected chi connectivity index (χ2v) is 6.81. The lowest BCUT2D eigenvalue weighted by molar-refractivity contribution is -0.119. The van der Waals surface area contributed by atoms with Crippen molar-refractivity contribution >= 4 is 11.8 Å². The van der Waals surface area contributed by atoms with Gasteiger partial charge >= 0.3 is 6.03 Å². The van der Waals surface area contributed by atoms with Crippen LogP contribution in [0.3, 0.4) is 0 Å². The van der Waals surface area contributed by atoms with Gasteiger partial charge in [-0.3, -0.25) is 15.0 Å². The van der Waals surface area contributed by atoms with Crippen LogP contribution >= 0.6 is 0 Å². The average molecular weight is 333 g/mol. The van der Waals surface area contributed by atoms with Gasteiger partial charge in [-0.05, 0) is 38.0 Å². The Balaban J connectivity index is 1.31. The summed E-state index contributed by atoms with van der Waals surface area (Å²) in [6.07, 6.45) is 7.70. The van der Waals surface area contributed by atoms with Crippen molar-refractivity contribution in [1.82, 2.24) is 26.2 Å². The molecule has 0 radical (unpaired) electrons. The third-order valence-electron chi connectivity index (χ3n) is 4.61. The van der Waals surface area contributed by atoms with E-state index in [1.54, 1.807) is 6.92 Å². The van der Waals surface area contributed by atoms with Crippen LogP contribution in [0, 0.1) is 0 Å². The van der Waals surface area contributed by atoms with Crippen LogP contribution < -0.4 is 21.3 Å². The van der Waals surface area contributed by atoms with E-state index in [-0.39, 0.29) is 24.0 Å². The quantitative estimate of drug-likeness (QED) is 0.553. The number of carbonyl (C=O) groups is 2. The molecule has 0 aromatic carbocycles. The van der Waals surface area contributed by atoms with Crippen LogP contribution in [0.25, 0.3) is 0 Å². The second-order valence-electron chi connectivity index (χ2n) is 6.81. The van der Waals surface area contributed by atoms with Crippen molar-refractivity contribution in [2.24, 2.45) is 0 Å². The van der Waals surface area contributed by atoms with Crippen LogP contribution in [0.4, 0.5) is 4.79 Å². The Hall–Kier alpha value is -1.86. The van der Waals surface area contributed by atoms with E-state index in [4.69, 9.17) is 0 Å². The van der Waals surface area contributed by atoms with Gasteiger partial charge in [0.15, 0.2) is 0 Å². The first-order chi connectivity index (χ1) is 11.6. The van der Waals surface area contributed by atoms with Gasteiger partial charge < -0.3 is 16.0 Å². The Morgan fingerprint density at radius 2 is 2.17 bits per heavy atom. The van der Waals surface area contributed by atoms with Gasteiger partial charge in [-0.1, -0.05) is 6.08 Å². The molecule has 0 spiro atoms. The number of ketones is 1. The smallest absolute Gasteiger partial charge is 0.315 e. The molecule has 132 valence electrons. The molecule has 2 amide bonds. The molecular weight excluding hydrogens is 306 g/mol. The number of nitrogens with zero attached hydrogens (tertiary/aromatic N) is 1. The van der Waals surface area contributed by atoms with Crippen molar-refractivity contribution in [3.05, 3.63) is 23.4 Å². The number of allylic oxidation sites excluding steroid dienone is 2. The van der Waals surface area contributed by atoms with E-state index in [1.165, 1.54) is 12.0 Å². The van der Waals surface area contributed by atoms with Gasteiger partial charge in [0.05, 0.1) is 18.8 Å². The lowest BCUT2D eigenvalue weighted by atomic mass is 9.99. The Labute approximate surface area is 142 Å². The topological polar surface area (TPSA) is 85.5 Å². The molecule has 7 nitrogen and oxygen atoms in total. The number of Topliss-reactive ketones (excluding diaryl/α,β-unsaturated/α-hetero) is 1. The van der Waals surface area contributed by atoms with E-state index < -0.39 is 0 Å². The molecule has 0 bridgehead atoms. The highest BCUT2D eigenvalue weighted by Gasteiger charge is 2.28. The third-order valence-corrected chi connectivity index (χ3v) is 4.61. The summed E-state index contributed by atoms with van der Waals surface area (Å²) in [4.78, 5) is 24.9. The van der Waals surface area contributed by atoms with E-state index >= 15 is 0 Å². The molecule has 1 atom stereocenters. The number of dihydropyridines is 1. The summed E-state index contributed by atoms with van der Waals surface area (Å²) in [5.41, 5.74) is 2.56. The maximum absolute atomic E-state index is 11.9. The van der Waals surface area contributed by atoms with Crippen molar-refractivity contribution in [3.8, 4) is 0 Å². The SMILES string of the molecule is CC(=O)CN1CC(NC(=O)NCCC2=CC=C3CCCNC3N2)C1. The number of hydrogen-bond acceptors (Lipinski definition) is 5. The third kappa shape index (κ3) is 4.58. The largest absolute Gasteiger partial charge is 0.370 e. The fourth-order valence-electron chi connectivity index (χ4n) is 3.39. The number of fused-ring (bicyclic) bond motifs is 1. The summed E-state index contributed by atoms with van der Waals surface area (Å²) in [6, 6.07) is 0.0132. The zero-order valence-electron chi connectivity index (χ0n) is 14.2. The highest BCUT2D eigenvalue weighted by atomic mass is 16.2. The normalized spacial score (nSPS) is 24.0. The van der Waals surface area contributed by atoms with Gasteiger partial charge in [-0.15, -0.1) is 0 Å². The van der Waals surface area contributed by atoms with Crippen LogP contribution in [0.5, 0.6) is 0 Å². The summed E-state index contributed by atoms with van der Waals surface area (Å²) >= 11 is 0. The highest BCUT2D eigenvalue weighted by Crippen LogP contribution is 2.19. The van der Waals surface area contributed by atoms with Gasteiger partial charge in [0, 0.05) is 31.8 Å². The molecule has 0 aromatic rings. The zero-order chi connectivity index (χ0) is 16.9.